The second kappa shape index (κ2) is 9.28. The van der Waals surface area contributed by atoms with Crippen LogP contribution in [-0.4, -0.2) is 78.7 Å². The van der Waals surface area contributed by atoms with E-state index in [1.807, 2.05) is 28.9 Å². The van der Waals surface area contributed by atoms with Gasteiger partial charge in [-0.2, -0.15) is 0 Å². The summed E-state index contributed by atoms with van der Waals surface area (Å²) in [5.74, 6) is -0.0631. The molecule has 3 rings (SSSR count). The monoisotopic (exact) mass is 375 g/mol. The van der Waals surface area contributed by atoms with E-state index in [-0.39, 0.29) is 30.5 Å². The molecular formula is C20H29N3O4. The lowest BCUT2D eigenvalue weighted by Gasteiger charge is -2.44. The maximum absolute atomic E-state index is 12.9. The molecule has 7 nitrogen and oxygen atoms in total. The number of hydrogen-bond donors (Lipinski definition) is 0. The zero-order valence-corrected chi connectivity index (χ0v) is 16.2. The number of hydrogen-bond acceptors (Lipinski definition) is 5. The Morgan fingerprint density at radius 1 is 1.26 bits per heavy atom. The van der Waals surface area contributed by atoms with Gasteiger partial charge in [0.25, 0.3) is 5.91 Å². The van der Waals surface area contributed by atoms with Crippen LogP contribution < -0.4 is 0 Å². The minimum Gasteiger partial charge on any atom is -0.381 e. The van der Waals surface area contributed by atoms with Gasteiger partial charge in [0.2, 0.25) is 5.91 Å². The van der Waals surface area contributed by atoms with Gasteiger partial charge in [-0.15, -0.1) is 0 Å². The molecule has 2 aliphatic rings. The Labute approximate surface area is 160 Å². The Balaban J connectivity index is 1.75. The third-order valence-corrected chi connectivity index (χ3v) is 5.32. The molecule has 1 aromatic rings. The van der Waals surface area contributed by atoms with Crippen LogP contribution in [0.1, 0.15) is 41.9 Å². The molecule has 0 aliphatic carbocycles. The molecule has 1 atom stereocenters. The average Bonchev–Trinajstić information content (AvgIpc) is 2.69. The van der Waals surface area contributed by atoms with Crippen LogP contribution in [0, 0.1) is 6.92 Å². The van der Waals surface area contributed by atoms with Crippen LogP contribution in [0.4, 0.5) is 0 Å². The molecule has 0 bridgehead atoms. The van der Waals surface area contributed by atoms with Crippen molar-refractivity contribution < 1.29 is 19.1 Å². The first-order valence-corrected chi connectivity index (χ1v) is 9.71. The highest BCUT2D eigenvalue weighted by Gasteiger charge is 2.35. The molecule has 0 spiro atoms. The van der Waals surface area contributed by atoms with Crippen LogP contribution in [0.25, 0.3) is 0 Å². The molecule has 2 fully saturated rings. The highest BCUT2D eigenvalue weighted by atomic mass is 16.5. The van der Waals surface area contributed by atoms with Crippen molar-refractivity contribution in [2.45, 2.75) is 44.7 Å². The number of rotatable bonds is 5. The van der Waals surface area contributed by atoms with Crippen LogP contribution in [-0.2, 0) is 14.3 Å². The molecule has 3 heterocycles. The number of methoxy groups -OCH3 is 1. The van der Waals surface area contributed by atoms with Crippen LogP contribution in [0.2, 0.25) is 0 Å². The highest BCUT2D eigenvalue weighted by Crippen LogP contribution is 2.24. The molecule has 7 heteroatoms. The van der Waals surface area contributed by atoms with Crippen LogP contribution in [0.15, 0.2) is 18.2 Å². The fourth-order valence-corrected chi connectivity index (χ4v) is 4.06. The van der Waals surface area contributed by atoms with E-state index >= 15 is 0 Å². The van der Waals surface area contributed by atoms with E-state index in [0.717, 1.165) is 31.4 Å². The number of aryl methyl sites for hydroxylation is 1. The Morgan fingerprint density at radius 2 is 2.04 bits per heavy atom. The zero-order valence-electron chi connectivity index (χ0n) is 16.2. The molecule has 0 aromatic carbocycles. The number of carbonyl (C=O) groups is 2. The van der Waals surface area contributed by atoms with Gasteiger partial charge in [-0.1, -0.05) is 6.07 Å². The third kappa shape index (κ3) is 4.84. The van der Waals surface area contributed by atoms with Crippen molar-refractivity contribution in [3.05, 3.63) is 29.6 Å². The van der Waals surface area contributed by atoms with E-state index < -0.39 is 0 Å². The molecule has 148 valence electrons. The van der Waals surface area contributed by atoms with Crippen LogP contribution in [0.5, 0.6) is 0 Å². The number of ether oxygens (including phenoxy) is 2. The summed E-state index contributed by atoms with van der Waals surface area (Å²) in [6.07, 6.45) is 3.44. The molecule has 2 aliphatic heterocycles. The van der Waals surface area contributed by atoms with Gasteiger partial charge < -0.3 is 19.3 Å². The summed E-state index contributed by atoms with van der Waals surface area (Å²) in [6, 6.07) is 5.65. The summed E-state index contributed by atoms with van der Waals surface area (Å²) in [4.78, 5) is 33.9. The van der Waals surface area contributed by atoms with E-state index in [0.29, 0.717) is 32.0 Å². The maximum Gasteiger partial charge on any atom is 0.272 e. The summed E-state index contributed by atoms with van der Waals surface area (Å²) >= 11 is 0. The number of likely N-dealkylation sites (tertiary alicyclic amines) is 1. The number of pyridine rings is 1. The van der Waals surface area contributed by atoms with Crippen molar-refractivity contribution in [2.24, 2.45) is 0 Å². The van der Waals surface area contributed by atoms with Gasteiger partial charge in [-0.25, -0.2) is 4.98 Å². The van der Waals surface area contributed by atoms with Gasteiger partial charge >= 0.3 is 0 Å². The van der Waals surface area contributed by atoms with Crippen molar-refractivity contribution in [3.63, 3.8) is 0 Å². The lowest BCUT2D eigenvalue weighted by atomic mass is 9.98. The van der Waals surface area contributed by atoms with Gasteiger partial charge in [0.15, 0.2) is 0 Å². The lowest BCUT2D eigenvalue weighted by Crippen LogP contribution is -2.56. The van der Waals surface area contributed by atoms with E-state index in [4.69, 9.17) is 9.47 Å². The Hall–Kier alpha value is -1.99. The van der Waals surface area contributed by atoms with Gasteiger partial charge in [-0.05, 0) is 44.7 Å². The van der Waals surface area contributed by atoms with Gasteiger partial charge in [0.1, 0.15) is 12.3 Å². The number of nitrogens with zero attached hydrogens (tertiary/aromatic N) is 3. The molecule has 1 unspecified atom stereocenters. The largest absolute Gasteiger partial charge is 0.381 e. The Kier molecular flexibility index (Phi) is 6.79. The van der Waals surface area contributed by atoms with E-state index in [1.165, 1.54) is 0 Å². The SMILES string of the molecule is COCC(=O)N(C1CCOCC1)C1CCCN(C(=O)c2cccc(C)n2)C1. The average molecular weight is 375 g/mol. The number of piperidine rings is 1. The Morgan fingerprint density at radius 3 is 2.74 bits per heavy atom. The third-order valence-electron chi connectivity index (χ3n) is 5.32. The maximum atomic E-state index is 12.9. The molecule has 1 aromatic heterocycles. The molecule has 0 N–H and O–H groups in total. The van der Waals surface area contributed by atoms with E-state index in [1.54, 1.807) is 13.2 Å². The van der Waals surface area contributed by atoms with Gasteiger partial charge in [-0.3, -0.25) is 9.59 Å². The number of amides is 2. The quantitative estimate of drug-likeness (QED) is 0.783. The fourth-order valence-electron chi connectivity index (χ4n) is 4.06. The highest BCUT2D eigenvalue weighted by molar-refractivity contribution is 5.92. The fraction of sp³-hybridized carbons (Fsp3) is 0.650. The van der Waals surface area contributed by atoms with Gasteiger partial charge in [0, 0.05) is 51.2 Å². The first-order valence-electron chi connectivity index (χ1n) is 9.71. The molecule has 0 saturated carbocycles. The predicted octanol–water partition coefficient (Wildman–Crippen LogP) is 1.65. The summed E-state index contributed by atoms with van der Waals surface area (Å²) < 4.78 is 10.6. The summed E-state index contributed by atoms with van der Waals surface area (Å²) in [7, 11) is 1.54. The van der Waals surface area contributed by atoms with Crippen molar-refractivity contribution >= 4 is 11.8 Å². The lowest BCUT2D eigenvalue weighted by molar-refractivity contribution is -0.143. The zero-order chi connectivity index (χ0) is 19.2. The summed E-state index contributed by atoms with van der Waals surface area (Å²) in [5.41, 5.74) is 1.30. The molecule has 27 heavy (non-hydrogen) atoms. The standard InChI is InChI=1S/C20H29N3O4/c1-15-5-3-7-18(21-15)20(25)22-10-4-6-17(13-22)23(19(24)14-26-2)16-8-11-27-12-9-16/h3,5,7,16-17H,4,6,8-14H2,1-2H3. The first kappa shape index (κ1) is 19.8. The predicted molar refractivity (Wildman–Crippen MR) is 100 cm³/mol. The minimum atomic E-state index is -0.0606. The number of carbonyl (C=O) groups excluding carboxylic acids is 2. The van der Waals surface area contributed by atoms with Crippen molar-refractivity contribution in [2.75, 3.05) is 40.0 Å². The van der Waals surface area contributed by atoms with Crippen LogP contribution in [0.3, 0.4) is 0 Å². The Bertz CT molecular complexity index is 660. The van der Waals surface area contributed by atoms with E-state index in [2.05, 4.69) is 4.98 Å². The minimum absolute atomic E-state index is 0.00243. The first-order chi connectivity index (χ1) is 13.1. The second-order valence-corrected chi connectivity index (χ2v) is 7.29. The topological polar surface area (TPSA) is 72.0 Å². The molecular weight excluding hydrogens is 346 g/mol. The normalized spacial score (nSPS) is 21.1. The summed E-state index contributed by atoms with van der Waals surface area (Å²) in [6.45, 7) is 4.54. The van der Waals surface area contributed by atoms with Crippen molar-refractivity contribution in [1.29, 1.82) is 0 Å². The number of aromatic nitrogens is 1. The van der Waals surface area contributed by atoms with Gasteiger partial charge in [0.05, 0.1) is 0 Å². The molecule has 0 radical (unpaired) electrons. The smallest absolute Gasteiger partial charge is 0.272 e. The van der Waals surface area contributed by atoms with E-state index in [9.17, 15) is 9.59 Å². The van der Waals surface area contributed by atoms with Crippen molar-refractivity contribution in [1.82, 2.24) is 14.8 Å². The molecule has 2 amide bonds. The van der Waals surface area contributed by atoms with Crippen molar-refractivity contribution in [3.8, 4) is 0 Å². The molecule has 2 saturated heterocycles. The van der Waals surface area contributed by atoms with Crippen LogP contribution >= 0.6 is 0 Å². The second-order valence-electron chi connectivity index (χ2n) is 7.29. The summed E-state index contributed by atoms with van der Waals surface area (Å²) in [5, 5.41) is 0.